The second-order valence-electron chi connectivity index (χ2n) is 2.77. The van der Waals surface area contributed by atoms with Gasteiger partial charge in [-0.05, 0) is 20.8 Å². The fourth-order valence-corrected chi connectivity index (χ4v) is 0.671. The highest BCUT2D eigenvalue weighted by atomic mass is 16.5. The minimum atomic E-state index is -0.640. The molecule has 0 aromatic heterocycles. The van der Waals surface area contributed by atoms with Crippen LogP contribution >= 0.6 is 0 Å². The molecule has 5 heteroatoms. The fourth-order valence-electron chi connectivity index (χ4n) is 0.671. The van der Waals surface area contributed by atoms with Gasteiger partial charge in [-0.25, -0.2) is 4.79 Å². The molecule has 0 rings (SSSR count). The molecule has 0 fully saturated rings. The van der Waals surface area contributed by atoms with Crippen LogP contribution in [0.25, 0.3) is 0 Å². The third-order valence-electron chi connectivity index (χ3n) is 1.41. The van der Waals surface area contributed by atoms with Gasteiger partial charge in [-0.15, -0.1) is 0 Å². The van der Waals surface area contributed by atoms with Crippen molar-refractivity contribution >= 4 is 11.9 Å². The van der Waals surface area contributed by atoms with Crippen LogP contribution in [0.5, 0.6) is 0 Å². The summed E-state index contributed by atoms with van der Waals surface area (Å²) in [6, 6.07) is -1.25. The minimum absolute atomic E-state index is 0.303. The molecule has 0 saturated heterocycles. The van der Waals surface area contributed by atoms with Crippen molar-refractivity contribution in [2.45, 2.75) is 32.9 Å². The molecule has 0 saturated carbocycles. The summed E-state index contributed by atoms with van der Waals surface area (Å²) in [6.45, 7) is 5.11. The molecule has 0 aliphatic rings. The van der Waals surface area contributed by atoms with Crippen molar-refractivity contribution in [1.82, 2.24) is 5.32 Å². The Morgan fingerprint density at radius 2 is 2.00 bits per heavy atom. The number of hydrogen-bond donors (Lipinski definition) is 2. The second-order valence-corrected chi connectivity index (χ2v) is 2.77. The van der Waals surface area contributed by atoms with Gasteiger partial charge < -0.3 is 15.8 Å². The summed E-state index contributed by atoms with van der Waals surface area (Å²) >= 11 is 0. The van der Waals surface area contributed by atoms with Gasteiger partial charge in [0.15, 0.2) is 0 Å². The Labute approximate surface area is 77.6 Å². The summed E-state index contributed by atoms with van der Waals surface area (Å²) in [5.74, 6) is -0.808. The molecule has 0 aliphatic heterocycles. The van der Waals surface area contributed by atoms with Crippen molar-refractivity contribution in [3.63, 3.8) is 0 Å². The van der Waals surface area contributed by atoms with Crippen LogP contribution in [0.3, 0.4) is 0 Å². The minimum Gasteiger partial charge on any atom is -0.464 e. The van der Waals surface area contributed by atoms with E-state index in [1.807, 2.05) is 0 Å². The number of esters is 1. The summed E-state index contributed by atoms with van der Waals surface area (Å²) in [4.78, 5) is 22.0. The third-order valence-corrected chi connectivity index (χ3v) is 1.41. The van der Waals surface area contributed by atoms with Gasteiger partial charge >= 0.3 is 5.97 Å². The molecule has 1 amide bonds. The average molecular weight is 188 g/mol. The van der Waals surface area contributed by atoms with Crippen molar-refractivity contribution < 1.29 is 14.3 Å². The highest BCUT2D eigenvalue weighted by Crippen LogP contribution is 1.88. The van der Waals surface area contributed by atoms with E-state index in [0.717, 1.165) is 0 Å². The van der Waals surface area contributed by atoms with Gasteiger partial charge in [0.2, 0.25) is 5.91 Å². The number of nitrogens with one attached hydrogen (secondary N) is 1. The molecule has 2 atom stereocenters. The largest absolute Gasteiger partial charge is 0.464 e. The predicted octanol–water partition coefficient (Wildman–Crippen LogP) is -0.599. The maximum Gasteiger partial charge on any atom is 0.328 e. The molecule has 3 N–H and O–H groups in total. The normalized spacial score (nSPS) is 14.5. The summed E-state index contributed by atoms with van der Waals surface area (Å²) in [5.41, 5.74) is 5.29. The van der Waals surface area contributed by atoms with E-state index < -0.39 is 18.1 Å². The number of carbonyl (C=O) groups excluding carboxylic acids is 2. The van der Waals surface area contributed by atoms with Gasteiger partial charge in [0.05, 0.1) is 12.6 Å². The van der Waals surface area contributed by atoms with Gasteiger partial charge in [-0.2, -0.15) is 0 Å². The van der Waals surface area contributed by atoms with E-state index in [9.17, 15) is 9.59 Å². The lowest BCUT2D eigenvalue weighted by Crippen LogP contribution is -2.46. The summed E-state index contributed by atoms with van der Waals surface area (Å²) in [7, 11) is 0. The van der Waals surface area contributed by atoms with Crippen LogP contribution in [0.4, 0.5) is 0 Å². The zero-order valence-electron chi connectivity index (χ0n) is 8.16. The van der Waals surface area contributed by atoms with Crippen molar-refractivity contribution in [3.05, 3.63) is 0 Å². The Morgan fingerprint density at radius 3 is 2.38 bits per heavy atom. The number of ether oxygens (including phenoxy) is 1. The van der Waals surface area contributed by atoms with Gasteiger partial charge in [0.25, 0.3) is 0 Å². The lowest BCUT2D eigenvalue weighted by atomic mass is 10.3. The predicted molar refractivity (Wildman–Crippen MR) is 47.9 cm³/mol. The van der Waals surface area contributed by atoms with Crippen LogP contribution in [-0.2, 0) is 14.3 Å². The molecule has 0 heterocycles. The average Bonchev–Trinajstić information content (AvgIpc) is 2.04. The van der Waals surface area contributed by atoms with E-state index in [0.29, 0.717) is 6.61 Å². The first-order valence-corrected chi connectivity index (χ1v) is 4.21. The summed E-state index contributed by atoms with van der Waals surface area (Å²) in [6.07, 6.45) is 0. The molecule has 76 valence electrons. The summed E-state index contributed by atoms with van der Waals surface area (Å²) in [5, 5.41) is 2.43. The molecule has 5 nitrogen and oxygen atoms in total. The van der Waals surface area contributed by atoms with E-state index >= 15 is 0 Å². The Hall–Kier alpha value is -1.10. The van der Waals surface area contributed by atoms with Crippen molar-refractivity contribution in [2.24, 2.45) is 5.73 Å². The van der Waals surface area contributed by atoms with Crippen molar-refractivity contribution in [1.29, 1.82) is 0 Å². The third kappa shape index (κ3) is 4.47. The zero-order chi connectivity index (χ0) is 10.4. The molecule has 0 spiro atoms. The Bertz CT molecular complexity index is 192. The van der Waals surface area contributed by atoms with Crippen LogP contribution in [0, 0.1) is 0 Å². The standard InChI is InChI=1S/C8H16N2O3/c1-4-13-8(12)6(3)10-7(11)5(2)9/h5-6H,4,9H2,1-3H3,(H,10,11)/t5-,6?/m1/s1. The highest BCUT2D eigenvalue weighted by Gasteiger charge is 2.17. The van der Waals surface area contributed by atoms with E-state index in [1.165, 1.54) is 0 Å². The quantitative estimate of drug-likeness (QED) is 0.577. The lowest BCUT2D eigenvalue weighted by molar-refractivity contribution is -0.146. The SMILES string of the molecule is CCOC(=O)C(C)NC(=O)[C@@H](C)N. The number of hydrogen-bond acceptors (Lipinski definition) is 4. The maximum atomic E-state index is 11.0. The number of nitrogens with two attached hydrogens (primary N) is 1. The maximum absolute atomic E-state index is 11.0. The second kappa shape index (κ2) is 5.53. The molecule has 0 bridgehead atoms. The monoisotopic (exact) mass is 188 g/mol. The number of carbonyl (C=O) groups is 2. The molecule has 1 unspecified atom stereocenters. The van der Waals surface area contributed by atoms with Gasteiger partial charge in [-0.1, -0.05) is 0 Å². The first-order valence-electron chi connectivity index (χ1n) is 4.21. The van der Waals surface area contributed by atoms with Crippen LogP contribution < -0.4 is 11.1 Å². The number of rotatable bonds is 4. The molecular formula is C8H16N2O3. The van der Waals surface area contributed by atoms with Crippen LogP contribution in [0.15, 0.2) is 0 Å². The lowest BCUT2D eigenvalue weighted by Gasteiger charge is -2.13. The van der Waals surface area contributed by atoms with E-state index in [-0.39, 0.29) is 5.91 Å². The number of amides is 1. The first kappa shape index (κ1) is 11.9. The first-order chi connectivity index (χ1) is 5.99. The summed E-state index contributed by atoms with van der Waals surface area (Å²) < 4.78 is 4.69. The van der Waals surface area contributed by atoms with E-state index in [4.69, 9.17) is 5.73 Å². The molecular weight excluding hydrogens is 172 g/mol. The fraction of sp³-hybridized carbons (Fsp3) is 0.750. The van der Waals surface area contributed by atoms with Crippen LogP contribution in [-0.4, -0.2) is 30.6 Å². The zero-order valence-corrected chi connectivity index (χ0v) is 8.16. The Kier molecular flexibility index (Phi) is 5.06. The molecule has 0 radical (unpaired) electrons. The van der Waals surface area contributed by atoms with Crippen LogP contribution in [0.2, 0.25) is 0 Å². The van der Waals surface area contributed by atoms with Gasteiger partial charge in [0.1, 0.15) is 6.04 Å². The Morgan fingerprint density at radius 1 is 1.46 bits per heavy atom. The highest BCUT2D eigenvalue weighted by molar-refractivity contribution is 5.86. The molecule has 0 aromatic carbocycles. The van der Waals surface area contributed by atoms with Gasteiger partial charge in [0, 0.05) is 0 Å². The molecule has 0 aromatic rings. The Balaban J connectivity index is 3.92. The smallest absolute Gasteiger partial charge is 0.328 e. The van der Waals surface area contributed by atoms with Crippen molar-refractivity contribution in [2.75, 3.05) is 6.61 Å². The van der Waals surface area contributed by atoms with E-state index in [2.05, 4.69) is 10.1 Å². The van der Waals surface area contributed by atoms with Crippen molar-refractivity contribution in [3.8, 4) is 0 Å². The molecule has 13 heavy (non-hydrogen) atoms. The van der Waals surface area contributed by atoms with E-state index in [1.54, 1.807) is 20.8 Å². The van der Waals surface area contributed by atoms with Gasteiger partial charge in [-0.3, -0.25) is 4.79 Å². The molecule has 0 aliphatic carbocycles. The topological polar surface area (TPSA) is 81.4 Å². The van der Waals surface area contributed by atoms with Crippen LogP contribution in [0.1, 0.15) is 20.8 Å².